The first-order chi connectivity index (χ1) is 6.86. The number of morpholine rings is 1. The van der Waals surface area contributed by atoms with Gasteiger partial charge < -0.3 is 4.74 Å². The maximum atomic E-state index is 5.64. The molecule has 1 heterocycles. The monoisotopic (exact) mass is 199 g/mol. The topological polar surface area (TPSA) is 12.5 Å². The summed E-state index contributed by atoms with van der Waals surface area (Å²) in [6, 6.07) is 0. The van der Waals surface area contributed by atoms with Crippen molar-refractivity contribution in [3.63, 3.8) is 0 Å². The van der Waals surface area contributed by atoms with Crippen molar-refractivity contribution in [3.8, 4) is 0 Å². The predicted octanol–water partition coefficient (Wildman–Crippen LogP) is 2.68. The Morgan fingerprint density at radius 2 is 2.07 bits per heavy atom. The molecule has 1 aliphatic heterocycles. The van der Waals surface area contributed by atoms with Crippen LogP contribution in [0.2, 0.25) is 0 Å². The normalized spacial score (nSPS) is 24.0. The second kappa shape index (κ2) is 7.24. The molecule has 14 heavy (non-hydrogen) atoms. The van der Waals surface area contributed by atoms with Crippen molar-refractivity contribution < 1.29 is 4.74 Å². The first-order valence-electron chi connectivity index (χ1n) is 6.20. The molecule has 1 atom stereocenters. The van der Waals surface area contributed by atoms with E-state index in [1.165, 1.54) is 32.2 Å². The van der Waals surface area contributed by atoms with Crippen LogP contribution in [-0.4, -0.2) is 37.2 Å². The third-order valence-electron chi connectivity index (χ3n) is 3.01. The molecule has 0 aromatic carbocycles. The van der Waals surface area contributed by atoms with Gasteiger partial charge in [-0.05, 0) is 19.4 Å². The fourth-order valence-electron chi connectivity index (χ4n) is 1.99. The van der Waals surface area contributed by atoms with E-state index in [1.54, 1.807) is 0 Å². The lowest BCUT2D eigenvalue weighted by atomic mass is 10.1. The lowest BCUT2D eigenvalue weighted by Crippen LogP contribution is -2.42. The van der Waals surface area contributed by atoms with Gasteiger partial charge in [-0.1, -0.05) is 33.1 Å². The Kier molecular flexibility index (Phi) is 6.20. The smallest absolute Gasteiger partial charge is 0.0700 e. The van der Waals surface area contributed by atoms with Gasteiger partial charge in [0.1, 0.15) is 0 Å². The van der Waals surface area contributed by atoms with E-state index in [9.17, 15) is 0 Å². The number of rotatable bonds is 6. The van der Waals surface area contributed by atoms with Crippen LogP contribution in [0.15, 0.2) is 0 Å². The van der Waals surface area contributed by atoms with Crippen molar-refractivity contribution in [2.75, 3.05) is 26.2 Å². The number of hydrogen-bond donors (Lipinski definition) is 0. The van der Waals surface area contributed by atoms with Gasteiger partial charge in [0.15, 0.2) is 0 Å². The minimum atomic E-state index is 0.495. The zero-order valence-corrected chi connectivity index (χ0v) is 9.80. The summed E-state index contributed by atoms with van der Waals surface area (Å²) in [5.74, 6) is 0. The molecular weight excluding hydrogens is 174 g/mol. The average molecular weight is 199 g/mol. The molecule has 84 valence electrons. The van der Waals surface area contributed by atoms with Gasteiger partial charge in [0.05, 0.1) is 12.7 Å². The van der Waals surface area contributed by atoms with E-state index < -0.39 is 0 Å². The molecule has 0 N–H and O–H groups in total. The zero-order valence-electron chi connectivity index (χ0n) is 9.80. The molecule has 1 rings (SSSR count). The van der Waals surface area contributed by atoms with E-state index in [-0.39, 0.29) is 0 Å². The van der Waals surface area contributed by atoms with Gasteiger partial charge >= 0.3 is 0 Å². The van der Waals surface area contributed by atoms with Crippen LogP contribution in [0.4, 0.5) is 0 Å². The van der Waals surface area contributed by atoms with Crippen molar-refractivity contribution in [2.45, 2.75) is 52.1 Å². The summed E-state index contributed by atoms with van der Waals surface area (Å²) in [6.07, 6.45) is 7.14. The fraction of sp³-hybridized carbons (Fsp3) is 1.00. The second-order valence-corrected chi connectivity index (χ2v) is 4.26. The molecule has 2 nitrogen and oxygen atoms in total. The van der Waals surface area contributed by atoms with E-state index in [0.29, 0.717) is 6.10 Å². The minimum absolute atomic E-state index is 0.495. The SMILES string of the molecule is CCCCCCN1CCOC(CC)C1. The molecule has 1 saturated heterocycles. The highest BCUT2D eigenvalue weighted by atomic mass is 16.5. The average Bonchev–Trinajstić information content (AvgIpc) is 2.25. The lowest BCUT2D eigenvalue weighted by Gasteiger charge is -2.32. The Hall–Kier alpha value is -0.0800. The molecule has 1 aliphatic rings. The van der Waals surface area contributed by atoms with E-state index >= 15 is 0 Å². The van der Waals surface area contributed by atoms with Crippen LogP contribution >= 0.6 is 0 Å². The van der Waals surface area contributed by atoms with Gasteiger partial charge in [-0.25, -0.2) is 0 Å². The Balaban J connectivity index is 2.05. The van der Waals surface area contributed by atoms with Gasteiger partial charge in [0.2, 0.25) is 0 Å². The summed E-state index contributed by atoms with van der Waals surface area (Å²) >= 11 is 0. The quantitative estimate of drug-likeness (QED) is 0.610. The Bertz CT molecular complexity index is 138. The van der Waals surface area contributed by atoms with Crippen LogP contribution in [0.5, 0.6) is 0 Å². The second-order valence-electron chi connectivity index (χ2n) is 4.26. The van der Waals surface area contributed by atoms with Crippen molar-refractivity contribution in [2.24, 2.45) is 0 Å². The summed E-state index contributed by atoms with van der Waals surface area (Å²) in [5, 5.41) is 0. The first kappa shape index (κ1) is 12.0. The van der Waals surface area contributed by atoms with Gasteiger partial charge in [-0.15, -0.1) is 0 Å². The van der Waals surface area contributed by atoms with Crippen molar-refractivity contribution in [3.05, 3.63) is 0 Å². The van der Waals surface area contributed by atoms with Crippen molar-refractivity contribution in [1.82, 2.24) is 4.90 Å². The van der Waals surface area contributed by atoms with Crippen molar-refractivity contribution >= 4 is 0 Å². The standard InChI is InChI=1S/C12H25NO/c1-3-5-6-7-8-13-9-10-14-12(4-2)11-13/h12H,3-11H2,1-2H3. The van der Waals surface area contributed by atoms with Gasteiger partial charge in [0.25, 0.3) is 0 Å². The summed E-state index contributed by atoms with van der Waals surface area (Å²) in [7, 11) is 0. The van der Waals surface area contributed by atoms with E-state index in [0.717, 1.165) is 26.1 Å². The first-order valence-corrected chi connectivity index (χ1v) is 6.20. The third-order valence-corrected chi connectivity index (χ3v) is 3.01. The van der Waals surface area contributed by atoms with Crippen LogP contribution in [0.3, 0.4) is 0 Å². The lowest BCUT2D eigenvalue weighted by molar-refractivity contribution is -0.0299. The number of hydrogen-bond acceptors (Lipinski definition) is 2. The van der Waals surface area contributed by atoms with Crippen LogP contribution in [-0.2, 0) is 4.74 Å². The molecule has 0 saturated carbocycles. The van der Waals surface area contributed by atoms with Crippen molar-refractivity contribution in [1.29, 1.82) is 0 Å². The Morgan fingerprint density at radius 1 is 1.21 bits per heavy atom. The minimum Gasteiger partial charge on any atom is -0.376 e. The fourth-order valence-corrected chi connectivity index (χ4v) is 1.99. The zero-order chi connectivity index (χ0) is 10.2. The number of nitrogens with zero attached hydrogens (tertiary/aromatic N) is 1. The Morgan fingerprint density at radius 3 is 2.79 bits per heavy atom. The maximum absolute atomic E-state index is 5.64. The maximum Gasteiger partial charge on any atom is 0.0700 e. The largest absolute Gasteiger partial charge is 0.376 e. The molecule has 0 aromatic heterocycles. The summed E-state index contributed by atoms with van der Waals surface area (Å²) in [6.45, 7) is 8.99. The van der Waals surface area contributed by atoms with Gasteiger partial charge in [-0.2, -0.15) is 0 Å². The molecule has 1 unspecified atom stereocenters. The number of ether oxygens (including phenoxy) is 1. The van der Waals surface area contributed by atoms with E-state index in [1.807, 2.05) is 0 Å². The number of unbranched alkanes of at least 4 members (excludes halogenated alkanes) is 3. The van der Waals surface area contributed by atoms with Crippen LogP contribution in [0.1, 0.15) is 46.0 Å². The van der Waals surface area contributed by atoms with Gasteiger partial charge in [0, 0.05) is 13.1 Å². The summed E-state index contributed by atoms with van der Waals surface area (Å²) in [5.41, 5.74) is 0. The predicted molar refractivity (Wildman–Crippen MR) is 60.6 cm³/mol. The molecule has 0 aliphatic carbocycles. The molecule has 2 heteroatoms. The molecule has 0 amide bonds. The summed E-state index contributed by atoms with van der Waals surface area (Å²) in [4.78, 5) is 2.56. The third kappa shape index (κ3) is 4.43. The molecule has 0 aromatic rings. The van der Waals surface area contributed by atoms with E-state index in [4.69, 9.17) is 4.74 Å². The Labute approximate surface area is 88.6 Å². The highest BCUT2D eigenvalue weighted by Gasteiger charge is 2.17. The van der Waals surface area contributed by atoms with Crippen LogP contribution < -0.4 is 0 Å². The highest BCUT2D eigenvalue weighted by molar-refractivity contribution is 4.69. The molecule has 1 fully saturated rings. The summed E-state index contributed by atoms with van der Waals surface area (Å²) < 4.78 is 5.64. The molecule has 0 bridgehead atoms. The highest BCUT2D eigenvalue weighted by Crippen LogP contribution is 2.09. The van der Waals surface area contributed by atoms with E-state index in [2.05, 4.69) is 18.7 Å². The molecule has 0 spiro atoms. The van der Waals surface area contributed by atoms with Crippen LogP contribution in [0, 0.1) is 0 Å². The van der Waals surface area contributed by atoms with Crippen LogP contribution in [0.25, 0.3) is 0 Å². The molecular formula is C12H25NO. The molecule has 0 radical (unpaired) electrons. The van der Waals surface area contributed by atoms with Gasteiger partial charge in [-0.3, -0.25) is 4.90 Å².